The highest BCUT2D eigenvalue weighted by Crippen LogP contribution is 2.20. The quantitative estimate of drug-likeness (QED) is 0.435. The number of nitrogens with zero attached hydrogens (tertiary/aromatic N) is 2. The third-order valence-corrected chi connectivity index (χ3v) is 5.73. The molecule has 0 radical (unpaired) electrons. The Morgan fingerprint density at radius 2 is 2.14 bits per heavy atom. The van der Waals surface area contributed by atoms with Crippen LogP contribution in [0.25, 0.3) is 16.3 Å². The van der Waals surface area contributed by atoms with Gasteiger partial charge in [0.15, 0.2) is 4.80 Å². The van der Waals surface area contributed by atoms with Crippen LogP contribution < -0.4 is 4.80 Å². The number of thiazole rings is 1. The average Bonchev–Trinajstić information content (AvgIpc) is 3.32. The van der Waals surface area contributed by atoms with E-state index in [1.807, 2.05) is 28.1 Å². The second kappa shape index (κ2) is 9.59. The molecule has 1 amide bonds. The molecule has 0 aliphatic rings. The van der Waals surface area contributed by atoms with Gasteiger partial charge in [-0.2, -0.15) is 4.99 Å². The minimum Gasteiger partial charge on any atom is -0.462 e. The maximum absolute atomic E-state index is 12.3. The lowest BCUT2D eigenvalue weighted by molar-refractivity contribution is -0.113. The van der Waals surface area contributed by atoms with Crippen LogP contribution in [-0.2, 0) is 20.8 Å². The molecule has 3 aromatic rings. The molecule has 0 saturated heterocycles. The van der Waals surface area contributed by atoms with Crippen LogP contribution in [0.2, 0.25) is 0 Å². The van der Waals surface area contributed by atoms with E-state index in [9.17, 15) is 9.59 Å². The van der Waals surface area contributed by atoms with Crippen LogP contribution in [0.1, 0.15) is 22.2 Å². The molecule has 3 rings (SSSR count). The van der Waals surface area contributed by atoms with E-state index in [0.29, 0.717) is 30.1 Å². The van der Waals surface area contributed by atoms with Crippen molar-refractivity contribution in [1.29, 1.82) is 0 Å². The molecule has 2 heterocycles. The molecule has 146 valence electrons. The fraction of sp³-hybridized carbons (Fsp3) is 0.250. The number of methoxy groups -OCH3 is 1. The molecule has 0 spiro atoms. The monoisotopic (exact) mass is 416 g/mol. The number of hydrogen-bond acceptors (Lipinski definition) is 6. The van der Waals surface area contributed by atoms with Gasteiger partial charge in [-0.15, -0.1) is 11.3 Å². The van der Waals surface area contributed by atoms with E-state index in [1.165, 1.54) is 17.4 Å². The van der Waals surface area contributed by atoms with Crippen LogP contribution in [-0.4, -0.2) is 36.8 Å². The summed E-state index contributed by atoms with van der Waals surface area (Å²) in [6.45, 7) is 3.13. The number of ether oxygens (including phenoxy) is 2. The van der Waals surface area contributed by atoms with Gasteiger partial charge < -0.3 is 14.0 Å². The van der Waals surface area contributed by atoms with E-state index in [2.05, 4.69) is 4.99 Å². The van der Waals surface area contributed by atoms with E-state index in [1.54, 1.807) is 43.6 Å². The van der Waals surface area contributed by atoms with Gasteiger partial charge in [0.1, 0.15) is 0 Å². The number of fused-ring (bicyclic) bond motifs is 1. The molecule has 8 heteroatoms. The number of thiophene rings is 1. The lowest BCUT2D eigenvalue weighted by Gasteiger charge is -2.05. The van der Waals surface area contributed by atoms with Crippen LogP contribution >= 0.6 is 22.7 Å². The van der Waals surface area contributed by atoms with Gasteiger partial charge in [-0.25, -0.2) is 4.79 Å². The molecule has 28 heavy (non-hydrogen) atoms. The summed E-state index contributed by atoms with van der Waals surface area (Å²) in [6, 6.07) is 9.20. The van der Waals surface area contributed by atoms with Crippen molar-refractivity contribution in [3.8, 4) is 0 Å². The third kappa shape index (κ3) is 4.83. The largest absolute Gasteiger partial charge is 0.462 e. The first-order valence-corrected chi connectivity index (χ1v) is 10.4. The Kier molecular flexibility index (Phi) is 6.91. The Labute approximate surface area is 170 Å². The second-order valence-electron chi connectivity index (χ2n) is 5.73. The number of benzene rings is 1. The zero-order valence-electron chi connectivity index (χ0n) is 15.6. The molecule has 0 saturated carbocycles. The molecule has 6 nitrogen and oxygen atoms in total. The first kappa shape index (κ1) is 20.2. The summed E-state index contributed by atoms with van der Waals surface area (Å²) in [4.78, 5) is 30.1. The Morgan fingerprint density at radius 3 is 2.86 bits per heavy atom. The van der Waals surface area contributed by atoms with Crippen molar-refractivity contribution >= 4 is 50.8 Å². The molecule has 0 bridgehead atoms. The minimum absolute atomic E-state index is 0.320. The van der Waals surface area contributed by atoms with Crippen molar-refractivity contribution in [3.63, 3.8) is 0 Å². The van der Waals surface area contributed by atoms with Gasteiger partial charge in [0.25, 0.3) is 5.91 Å². The first-order valence-electron chi connectivity index (χ1n) is 8.72. The van der Waals surface area contributed by atoms with Crippen LogP contribution in [0.5, 0.6) is 0 Å². The summed E-state index contributed by atoms with van der Waals surface area (Å²) in [5, 5.41) is 1.95. The van der Waals surface area contributed by atoms with E-state index < -0.39 is 0 Å². The number of hydrogen-bond donors (Lipinski definition) is 0. The number of carbonyl (C=O) groups is 2. The van der Waals surface area contributed by atoms with Crippen molar-refractivity contribution in [2.45, 2.75) is 13.5 Å². The Morgan fingerprint density at radius 1 is 1.29 bits per heavy atom. The van der Waals surface area contributed by atoms with Gasteiger partial charge in [-0.05, 0) is 42.6 Å². The maximum atomic E-state index is 12.3. The topological polar surface area (TPSA) is 69.9 Å². The zero-order valence-corrected chi connectivity index (χ0v) is 17.2. The Balaban J connectivity index is 1.99. The van der Waals surface area contributed by atoms with Crippen molar-refractivity contribution in [2.75, 3.05) is 20.3 Å². The molecule has 0 fully saturated rings. The molecule has 0 aliphatic carbocycles. The van der Waals surface area contributed by atoms with Crippen LogP contribution in [0, 0.1) is 0 Å². The number of rotatable bonds is 7. The lowest BCUT2D eigenvalue weighted by Crippen LogP contribution is -2.18. The maximum Gasteiger partial charge on any atom is 0.338 e. The van der Waals surface area contributed by atoms with Gasteiger partial charge in [-0.1, -0.05) is 17.4 Å². The molecule has 0 N–H and O–H groups in total. The zero-order chi connectivity index (χ0) is 19.9. The second-order valence-corrected chi connectivity index (χ2v) is 7.72. The summed E-state index contributed by atoms with van der Waals surface area (Å²) in [7, 11) is 1.62. The summed E-state index contributed by atoms with van der Waals surface area (Å²) >= 11 is 2.91. The predicted molar refractivity (Wildman–Crippen MR) is 112 cm³/mol. The first-order chi connectivity index (χ1) is 13.6. The number of aromatic nitrogens is 1. The van der Waals surface area contributed by atoms with E-state index in [0.717, 1.165) is 15.1 Å². The third-order valence-electron chi connectivity index (χ3n) is 3.85. The lowest BCUT2D eigenvalue weighted by atomic mass is 10.2. The minimum atomic E-state index is -0.366. The number of amides is 1. The molecular weight excluding hydrogens is 396 g/mol. The molecular formula is C20H20N2O4S2. The van der Waals surface area contributed by atoms with Gasteiger partial charge in [0.05, 0.1) is 29.0 Å². The molecule has 2 aromatic heterocycles. The molecule has 0 atom stereocenters. The summed E-state index contributed by atoms with van der Waals surface area (Å²) in [6.07, 6.45) is 3.21. The smallest absolute Gasteiger partial charge is 0.338 e. The fourth-order valence-electron chi connectivity index (χ4n) is 2.57. The van der Waals surface area contributed by atoms with Crippen molar-refractivity contribution < 1.29 is 19.1 Å². The van der Waals surface area contributed by atoms with Gasteiger partial charge in [0, 0.05) is 24.6 Å². The van der Waals surface area contributed by atoms with Gasteiger partial charge in [0.2, 0.25) is 0 Å². The van der Waals surface area contributed by atoms with Crippen LogP contribution in [0.3, 0.4) is 0 Å². The van der Waals surface area contributed by atoms with Crippen LogP contribution in [0.15, 0.2) is 46.8 Å². The summed E-state index contributed by atoms with van der Waals surface area (Å²) in [5.74, 6) is -0.702. The summed E-state index contributed by atoms with van der Waals surface area (Å²) in [5.41, 5.74) is 1.37. The van der Waals surface area contributed by atoms with E-state index in [4.69, 9.17) is 9.47 Å². The highest BCUT2D eigenvalue weighted by molar-refractivity contribution is 7.16. The highest BCUT2D eigenvalue weighted by atomic mass is 32.1. The molecule has 0 aliphatic heterocycles. The van der Waals surface area contributed by atoms with Crippen molar-refractivity contribution in [3.05, 3.63) is 57.0 Å². The predicted octanol–water partition coefficient (Wildman–Crippen LogP) is 3.73. The summed E-state index contributed by atoms with van der Waals surface area (Å²) < 4.78 is 13.0. The normalized spacial score (nSPS) is 12.1. The van der Waals surface area contributed by atoms with Gasteiger partial charge in [-0.3, -0.25) is 4.79 Å². The number of carbonyl (C=O) groups excluding carboxylic acids is 2. The Hall–Kier alpha value is -2.55. The average molecular weight is 417 g/mol. The standard InChI is InChI=1S/C20H20N2O4S2/c1-3-26-19(24)14-6-8-16-17(13-14)28-20(22(16)10-11-25-2)21-18(23)9-7-15-5-4-12-27-15/h4-9,12-13H,3,10-11H2,1-2H3/b9-7+,21-20?. The highest BCUT2D eigenvalue weighted by Gasteiger charge is 2.12. The van der Waals surface area contributed by atoms with Crippen molar-refractivity contribution in [1.82, 2.24) is 4.57 Å². The molecule has 0 unspecified atom stereocenters. The van der Waals surface area contributed by atoms with Gasteiger partial charge >= 0.3 is 5.97 Å². The van der Waals surface area contributed by atoms with E-state index in [-0.39, 0.29) is 11.9 Å². The number of esters is 1. The van der Waals surface area contributed by atoms with Crippen LogP contribution in [0.4, 0.5) is 0 Å². The van der Waals surface area contributed by atoms with E-state index >= 15 is 0 Å². The fourth-order valence-corrected chi connectivity index (χ4v) is 4.29. The van der Waals surface area contributed by atoms with Crippen molar-refractivity contribution in [2.24, 2.45) is 4.99 Å². The molecule has 1 aromatic carbocycles. The Bertz CT molecular complexity index is 1060. The SMILES string of the molecule is CCOC(=O)c1ccc2c(c1)sc(=NC(=O)/C=C/c1cccs1)n2CCOC.